The Morgan fingerprint density at radius 1 is 1.45 bits per heavy atom. The van der Waals surface area contributed by atoms with Gasteiger partial charge in [-0.05, 0) is 6.92 Å². The molecule has 2 heterocycles. The maximum atomic E-state index is 12.2. The average molecular weight is 293 g/mol. The standard InChI is InChI=1S/C14H19N3O2S/c1-9-8-20-11(15-9)7-19-13(18)10-6-17(5)16-12(10)14(2,3)4/h6,8H,7H2,1-5H3. The third kappa shape index (κ3) is 3.25. The second-order valence-corrected chi connectivity index (χ2v) is 6.72. The molecule has 0 aliphatic heterocycles. The van der Waals surface area contributed by atoms with Gasteiger partial charge in [-0.1, -0.05) is 20.8 Å². The molecule has 5 nitrogen and oxygen atoms in total. The Kier molecular flexibility index (Phi) is 3.94. The third-order valence-electron chi connectivity index (χ3n) is 2.75. The lowest BCUT2D eigenvalue weighted by molar-refractivity contribution is 0.0469. The summed E-state index contributed by atoms with van der Waals surface area (Å²) in [6.45, 7) is 8.19. The number of carbonyl (C=O) groups is 1. The van der Waals surface area contributed by atoms with Crippen LogP contribution in [0, 0.1) is 6.92 Å². The van der Waals surface area contributed by atoms with E-state index in [-0.39, 0.29) is 18.0 Å². The highest BCUT2D eigenvalue weighted by molar-refractivity contribution is 7.09. The Morgan fingerprint density at radius 2 is 2.15 bits per heavy atom. The van der Waals surface area contributed by atoms with Crippen molar-refractivity contribution in [2.45, 2.75) is 39.7 Å². The Labute approximate surface area is 122 Å². The Hall–Kier alpha value is -1.69. The van der Waals surface area contributed by atoms with Crippen LogP contribution in [0.2, 0.25) is 0 Å². The van der Waals surface area contributed by atoms with Crippen molar-refractivity contribution < 1.29 is 9.53 Å². The monoisotopic (exact) mass is 293 g/mol. The highest BCUT2D eigenvalue weighted by atomic mass is 32.1. The van der Waals surface area contributed by atoms with Crippen molar-refractivity contribution >= 4 is 17.3 Å². The minimum Gasteiger partial charge on any atom is -0.455 e. The highest BCUT2D eigenvalue weighted by Gasteiger charge is 2.26. The number of aryl methyl sites for hydroxylation is 2. The van der Waals surface area contributed by atoms with E-state index < -0.39 is 0 Å². The van der Waals surface area contributed by atoms with Crippen LogP contribution in [0.4, 0.5) is 0 Å². The van der Waals surface area contributed by atoms with Gasteiger partial charge in [0, 0.05) is 29.7 Å². The van der Waals surface area contributed by atoms with E-state index in [1.54, 1.807) is 17.9 Å². The van der Waals surface area contributed by atoms with E-state index in [1.165, 1.54) is 11.3 Å². The summed E-state index contributed by atoms with van der Waals surface area (Å²) in [5, 5.41) is 7.11. The molecule has 0 aromatic carbocycles. The Bertz CT molecular complexity index is 623. The zero-order valence-corrected chi connectivity index (χ0v) is 13.2. The summed E-state index contributed by atoms with van der Waals surface area (Å²) in [6, 6.07) is 0. The van der Waals surface area contributed by atoms with Crippen molar-refractivity contribution in [3.05, 3.63) is 33.5 Å². The van der Waals surface area contributed by atoms with Gasteiger partial charge in [-0.2, -0.15) is 5.10 Å². The van der Waals surface area contributed by atoms with Gasteiger partial charge in [0.2, 0.25) is 0 Å². The van der Waals surface area contributed by atoms with Crippen LogP contribution in [-0.4, -0.2) is 20.7 Å². The van der Waals surface area contributed by atoms with Gasteiger partial charge in [0.15, 0.2) is 0 Å². The Morgan fingerprint density at radius 3 is 2.70 bits per heavy atom. The molecule has 0 saturated carbocycles. The zero-order valence-electron chi connectivity index (χ0n) is 12.4. The van der Waals surface area contributed by atoms with Gasteiger partial charge in [0.1, 0.15) is 17.2 Å². The summed E-state index contributed by atoms with van der Waals surface area (Å²) in [4.78, 5) is 16.5. The first-order chi connectivity index (χ1) is 9.27. The molecule has 0 bridgehead atoms. The molecule has 20 heavy (non-hydrogen) atoms. The maximum absolute atomic E-state index is 12.2. The number of nitrogens with zero attached hydrogens (tertiary/aromatic N) is 3. The fourth-order valence-electron chi connectivity index (χ4n) is 1.87. The van der Waals surface area contributed by atoms with E-state index in [0.29, 0.717) is 5.56 Å². The molecule has 0 spiro atoms. The van der Waals surface area contributed by atoms with E-state index >= 15 is 0 Å². The van der Waals surface area contributed by atoms with Crippen LogP contribution >= 0.6 is 11.3 Å². The van der Waals surface area contributed by atoms with E-state index in [9.17, 15) is 4.79 Å². The first kappa shape index (κ1) is 14.7. The number of hydrogen-bond donors (Lipinski definition) is 0. The molecular weight excluding hydrogens is 274 g/mol. The van der Waals surface area contributed by atoms with Gasteiger partial charge in [-0.25, -0.2) is 9.78 Å². The number of ether oxygens (including phenoxy) is 1. The topological polar surface area (TPSA) is 57.0 Å². The summed E-state index contributed by atoms with van der Waals surface area (Å²) in [5.41, 5.74) is 2.01. The molecule has 0 aliphatic rings. The lowest BCUT2D eigenvalue weighted by atomic mass is 9.90. The first-order valence-electron chi connectivity index (χ1n) is 6.39. The molecule has 0 radical (unpaired) electrons. The van der Waals surface area contributed by atoms with Crippen LogP contribution in [0.15, 0.2) is 11.6 Å². The van der Waals surface area contributed by atoms with Gasteiger partial charge < -0.3 is 4.74 Å². The van der Waals surface area contributed by atoms with Crippen molar-refractivity contribution in [1.82, 2.24) is 14.8 Å². The van der Waals surface area contributed by atoms with Crippen molar-refractivity contribution in [2.75, 3.05) is 0 Å². The molecule has 0 atom stereocenters. The first-order valence-corrected chi connectivity index (χ1v) is 7.27. The fourth-order valence-corrected chi connectivity index (χ4v) is 2.55. The molecule has 0 fully saturated rings. The molecule has 108 valence electrons. The minimum absolute atomic E-state index is 0.201. The Balaban J connectivity index is 2.13. The van der Waals surface area contributed by atoms with Crippen LogP contribution in [-0.2, 0) is 23.8 Å². The number of carbonyl (C=O) groups excluding carboxylic acids is 1. The zero-order chi connectivity index (χ0) is 14.9. The normalized spacial score (nSPS) is 11.7. The molecule has 6 heteroatoms. The SMILES string of the molecule is Cc1csc(COC(=O)c2cn(C)nc2C(C)(C)C)n1. The molecule has 0 aliphatic carbocycles. The number of aromatic nitrogens is 3. The van der Waals surface area contributed by atoms with Gasteiger partial charge in [0.05, 0.1) is 5.69 Å². The minimum atomic E-state index is -0.351. The third-order valence-corrected chi connectivity index (χ3v) is 3.69. The van der Waals surface area contributed by atoms with E-state index in [2.05, 4.69) is 10.1 Å². The maximum Gasteiger partial charge on any atom is 0.342 e. The molecule has 0 amide bonds. The second kappa shape index (κ2) is 5.36. The summed E-state index contributed by atoms with van der Waals surface area (Å²) in [5.74, 6) is -0.351. The number of thiazole rings is 1. The predicted molar refractivity (Wildman–Crippen MR) is 77.9 cm³/mol. The van der Waals surface area contributed by atoms with Gasteiger partial charge in [-0.3, -0.25) is 4.68 Å². The quantitative estimate of drug-likeness (QED) is 0.817. The van der Waals surface area contributed by atoms with Gasteiger partial charge in [0.25, 0.3) is 0 Å². The molecule has 2 rings (SSSR count). The van der Waals surface area contributed by atoms with Crippen LogP contribution in [0.25, 0.3) is 0 Å². The van der Waals surface area contributed by atoms with Gasteiger partial charge >= 0.3 is 5.97 Å². The van der Waals surface area contributed by atoms with Crippen molar-refractivity contribution in [1.29, 1.82) is 0 Å². The highest BCUT2D eigenvalue weighted by Crippen LogP contribution is 2.25. The summed E-state index contributed by atoms with van der Waals surface area (Å²) in [6.07, 6.45) is 1.70. The smallest absolute Gasteiger partial charge is 0.342 e. The van der Waals surface area contributed by atoms with E-state index in [4.69, 9.17) is 4.74 Å². The lowest BCUT2D eigenvalue weighted by Crippen LogP contribution is -2.18. The second-order valence-electron chi connectivity index (χ2n) is 5.77. The summed E-state index contributed by atoms with van der Waals surface area (Å²) < 4.78 is 6.98. The molecule has 2 aromatic rings. The van der Waals surface area contributed by atoms with E-state index in [1.807, 2.05) is 33.1 Å². The lowest BCUT2D eigenvalue weighted by Gasteiger charge is -2.16. The predicted octanol–water partition coefficient (Wildman–Crippen LogP) is 2.84. The average Bonchev–Trinajstić information content (AvgIpc) is 2.91. The van der Waals surface area contributed by atoms with Gasteiger partial charge in [-0.15, -0.1) is 11.3 Å². The summed E-state index contributed by atoms with van der Waals surface area (Å²) >= 11 is 1.49. The molecule has 0 unspecified atom stereocenters. The van der Waals surface area contributed by atoms with E-state index in [0.717, 1.165) is 16.4 Å². The van der Waals surface area contributed by atoms with Crippen molar-refractivity contribution in [3.63, 3.8) is 0 Å². The molecular formula is C14H19N3O2S. The number of rotatable bonds is 3. The van der Waals surface area contributed by atoms with Crippen LogP contribution in [0.3, 0.4) is 0 Å². The van der Waals surface area contributed by atoms with Crippen LogP contribution < -0.4 is 0 Å². The van der Waals surface area contributed by atoms with Crippen LogP contribution in [0.1, 0.15) is 47.5 Å². The van der Waals surface area contributed by atoms with Crippen molar-refractivity contribution in [3.8, 4) is 0 Å². The molecule has 0 saturated heterocycles. The largest absolute Gasteiger partial charge is 0.455 e. The van der Waals surface area contributed by atoms with Crippen molar-refractivity contribution in [2.24, 2.45) is 7.05 Å². The molecule has 0 N–H and O–H groups in total. The molecule has 2 aromatic heterocycles. The number of esters is 1. The summed E-state index contributed by atoms with van der Waals surface area (Å²) in [7, 11) is 1.80. The van der Waals surface area contributed by atoms with Crippen LogP contribution in [0.5, 0.6) is 0 Å². The number of hydrogen-bond acceptors (Lipinski definition) is 5. The fraction of sp³-hybridized carbons (Fsp3) is 0.500.